The maximum Gasteiger partial charge on any atom is 0.494 e. The summed E-state index contributed by atoms with van der Waals surface area (Å²) in [6.07, 6.45) is 2.68. The first-order chi connectivity index (χ1) is 9.87. The summed E-state index contributed by atoms with van der Waals surface area (Å²) in [6, 6.07) is 8.71. The Kier molecular flexibility index (Phi) is 3.89. The Morgan fingerprint density at radius 3 is 2.00 bits per heavy atom. The van der Waals surface area contributed by atoms with Crippen molar-refractivity contribution in [2.75, 3.05) is 13.1 Å². The number of likely N-dealkylation sites (tertiary alicyclic amines) is 1. The van der Waals surface area contributed by atoms with Gasteiger partial charge in [-0.25, -0.2) is 0 Å². The summed E-state index contributed by atoms with van der Waals surface area (Å²) in [5.41, 5.74) is 1.94. The third-order valence-corrected chi connectivity index (χ3v) is 5.11. The van der Waals surface area contributed by atoms with E-state index in [9.17, 15) is 0 Å². The molecule has 4 heteroatoms. The van der Waals surface area contributed by atoms with E-state index in [1.54, 1.807) is 0 Å². The van der Waals surface area contributed by atoms with Gasteiger partial charge >= 0.3 is 7.12 Å². The Bertz CT molecular complexity index is 476. The van der Waals surface area contributed by atoms with Gasteiger partial charge in [-0.15, -0.1) is 0 Å². The van der Waals surface area contributed by atoms with Crippen molar-refractivity contribution in [2.24, 2.45) is 0 Å². The Hall–Kier alpha value is -0.835. The van der Waals surface area contributed by atoms with Crippen LogP contribution in [0.15, 0.2) is 24.3 Å². The largest absolute Gasteiger partial charge is 0.494 e. The van der Waals surface area contributed by atoms with Crippen LogP contribution in [0, 0.1) is 0 Å². The van der Waals surface area contributed by atoms with Crippen molar-refractivity contribution >= 4 is 12.6 Å². The van der Waals surface area contributed by atoms with Gasteiger partial charge in [0.05, 0.1) is 11.2 Å². The molecule has 0 saturated carbocycles. The van der Waals surface area contributed by atoms with Crippen LogP contribution in [0.25, 0.3) is 0 Å². The van der Waals surface area contributed by atoms with E-state index in [-0.39, 0.29) is 18.3 Å². The minimum Gasteiger partial charge on any atom is -0.399 e. The topological polar surface area (TPSA) is 21.7 Å². The molecule has 0 spiro atoms. The molecule has 0 bridgehead atoms. The van der Waals surface area contributed by atoms with Crippen LogP contribution >= 0.6 is 0 Å². The highest BCUT2D eigenvalue weighted by molar-refractivity contribution is 6.62. The van der Waals surface area contributed by atoms with Gasteiger partial charge in [-0.1, -0.05) is 24.3 Å². The quantitative estimate of drug-likeness (QED) is 0.798. The van der Waals surface area contributed by atoms with Gasteiger partial charge in [0.25, 0.3) is 0 Å². The summed E-state index contributed by atoms with van der Waals surface area (Å²) in [6.45, 7) is 11.9. The summed E-state index contributed by atoms with van der Waals surface area (Å²) in [5, 5.41) is 0. The van der Waals surface area contributed by atoms with Crippen molar-refractivity contribution in [1.29, 1.82) is 0 Å². The average molecular weight is 287 g/mol. The zero-order valence-corrected chi connectivity index (χ0v) is 13.7. The van der Waals surface area contributed by atoms with E-state index < -0.39 is 0 Å². The number of rotatable bonds is 3. The molecule has 114 valence electrons. The molecule has 2 aliphatic heterocycles. The molecule has 0 unspecified atom stereocenters. The third kappa shape index (κ3) is 3.03. The molecule has 21 heavy (non-hydrogen) atoms. The molecule has 0 aliphatic carbocycles. The molecule has 0 radical (unpaired) electrons. The van der Waals surface area contributed by atoms with Crippen LogP contribution in [-0.2, 0) is 15.9 Å². The maximum absolute atomic E-state index is 6.09. The number of hydrogen-bond donors (Lipinski definition) is 0. The standard InChI is InChI=1S/C17H26BNO2/c1-16(2)17(3,4)21-18(20-16)15-9-7-14(8-10-15)13-19-11-5-6-12-19/h7-10H,5-6,11-13H2,1-4H3. The molecular formula is C17H26BNO2. The van der Waals surface area contributed by atoms with Crippen LogP contribution < -0.4 is 5.46 Å². The second-order valence-corrected chi connectivity index (χ2v) is 7.31. The lowest BCUT2D eigenvalue weighted by molar-refractivity contribution is 0.00578. The van der Waals surface area contributed by atoms with E-state index in [1.165, 1.54) is 31.5 Å². The predicted octanol–water partition coefficient (Wildman–Crippen LogP) is 2.58. The van der Waals surface area contributed by atoms with E-state index in [0.29, 0.717) is 0 Å². The van der Waals surface area contributed by atoms with Crippen molar-refractivity contribution in [1.82, 2.24) is 4.90 Å². The molecule has 2 aliphatic rings. The van der Waals surface area contributed by atoms with Crippen LogP contribution in [0.3, 0.4) is 0 Å². The van der Waals surface area contributed by atoms with E-state index in [2.05, 4.69) is 56.9 Å². The Morgan fingerprint density at radius 2 is 1.48 bits per heavy atom. The van der Waals surface area contributed by atoms with Crippen LogP contribution in [-0.4, -0.2) is 36.3 Å². The summed E-state index contributed by atoms with van der Waals surface area (Å²) in [7, 11) is -0.254. The fourth-order valence-corrected chi connectivity index (χ4v) is 2.96. The Balaban J connectivity index is 1.67. The van der Waals surface area contributed by atoms with Gasteiger partial charge < -0.3 is 9.31 Å². The zero-order valence-electron chi connectivity index (χ0n) is 13.7. The van der Waals surface area contributed by atoms with Crippen LogP contribution in [0.1, 0.15) is 46.1 Å². The third-order valence-electron chi connectivity index (χ3n) is 5.11. The normalized spacial score (nSPS) is 24.7. The summed E-state index contributed by atoms with van der Waals surface area (Å²) < 4.78 is 12.2. The molecule has 0 N–H and O–H groups in total. The van der Waals surface area contributed by atoms with Crippen LogP contribution in [0.4, 0.5) is 0 Å². The molecule has 0 aromatic heterocycles. The lowest BCUT2D eigenvalue weighted by Crippen LogP contribution is -2.41. The molecular weight excluding hydrogens is 261 g/mol. The minimum atomic E-state index is -0.272. The smallest absolute Gasteiger partial charge is 0.399 e. The van der Waals surface area contributed by atoms with Crippen molar-refractivity contribution in [3.63, 3.8) is 0 Å². The van der Waals surface area contributed by atoms with E-state index in [0.717, 1.165) is 12.0 Å². The second kappa shape index (κ2) is 5.42. The van der Waals surface area contributed by atoms with Gasteiger partial charge in [0.15, 0.2) is 0 Å². The van der Waals surface area contributed by atoms with E-state index in [1.807, 2.05) is 0 Å². The molecule has 2 heterocycles. The van der Waals surface area contributed by atoms with Crippen LogP contribution in [0.2, 0.25) is 0 Å². The molecule has 0 atom stereocenters. The zero-order chi connectivity index (χ0) is 15.1. The molecule has 2 fully saturated rings. The lowest BCUT2D eigenvalue weighted by atomic mass is 9.79. The Morgan fingerprint density at radius 1 is 0.952 bits per heavy atom. The molecule has 2 saturated heterocycles. The first-order valence-electron chi connectivity index (χ1n) is 8.04. The van der Waals surface area contributed by atoms with Gasteiger partial charge in [0.2, 0.25) is 0 Å². The van der Waals surface area contributed by atoms with Gasteiger partial charge in [-0.3, -0.25) is 4.90 Å². The number of nitrogens with zero attached hydrogens (tertiary/aromatic N) is 1. The number of hydrogen-bond acceptors (Lipinski definition) is 3. The fourth-order valence-electron chi connectivity index (χ4n) is 2.96. The second-order valence-electron chi connectivity index (χ2n) is 7.31. The van der Waals surface area contributed by atoms with Gasteiger partial charge in [0, 0.05) is 6.54 Å². The average Bonchev–Trinajstić information content (AvgIpc) is 2.97. The summed E-state index contributed by atoms with van der Waals surface area (Å²) in [5.74, 6) is 0. The predicted molar refractivity (Wildman–Crippen MR) is 86.7 cm³/mol. The fraction of sp³-hybridized carbons (Fsp3) is 0.647. The van der Waals surface area contributed by atoms with Crippen molar-refractivity contribution in [2.45, 2.75) is 58.3 Å². The first-order valence-corrected chi connectivity index (χ1v) is 8.04. The molecule has 1 aromatic rings. The van der Waals surface area contributed by atoms with Crippen molar-refractivity contribution < 1.29 is 9.31 Å². The van der Waals surface area contributed by atoms with Crippen LogP contribution in [0.5, 0.6) is 0 Å². The molecule has 0 amide bonds. The molecule has 3 nitrogen and oxygen atoms in total. The van der Waals surface area contributed by atoms with Gasteiger partial charge in [0.1, 0.15) is 0 Å². The monoisotopic (exact) mass is 287 g/mol. The molecule has 1 aromatic carbocycles. The SMILES string of the molecule is CC1(C)OB(c2ccc(CN3CCCC3)cc2)OC1(C)C. The van der Waals surface area contributed by atoms with Gasteiger partial charge in [-0.05, 0) is 64.7 Å². The number of benzene rings is 1. The highest BCUT2D eigenvalue weighted by atomic mass is 16.7. The van der Waals surface area contributed by atoms with Crippen molar-refractivity contribution in [3.8, 4) is 0 Å². The maximum atomic E-state index is 6.09. The lowest BCUT2D eigenvalue weighted by Gasteiger charge is -2.32. The van der Waals surface area contributed by atoms with E-state index in [4.69, 9.17) is 9.31 Å². The summed E-state index contributed by atoms with van der Waals surface area (Å²) >= 11 is 0. The summed E-state index contributed by atoms with van der Waals surface area (Å²) in [4.78, 5) is 2.52. The highest BCUT2D eigenvalue weighted by Gasteiger charge is 2.51. The Labute approximate surface area is 128 Å². The first kappa shape index (κ1) is 15.1. The minimum absolute atomic E-state index is 0.254. The van der Waals surface area contributed by atoms with Crippen molar-refractivity contribution in [3.05, 3.63) is 29.8 Å². The highest BCUT2D eigenvalue weighted by Crippen LogP contribution is 2.36. The van der Waals surface area contributed by atoms with Gasteiger partial charge in [-0.2, -0.15) is 0 Å². The molecule has 3 rings (SSSR count). The van der Waals surface area contributed by atoms with E-state index >= 15 is 0 Å².